The lowest BCUT2D eigenvalue weighted by Crippen LogP contribution is -2.28. The van der Waals surface area contributed by atoms with Gasteiger partial charge in [0.2, 0.25) is 0 Å². The fraction of sp³-hybridized carbons (Fsp3) is 0.571. The van der Waals surface area contributed by atoms with Crippen molar-refractivity contribution in [2.45, 2.75) is 30.2 Å². The van der Waals surface area contributed by atoms with Crippen LogP contribution in [0.25, 0.3) is 11.2 Å². The molecule has 1 saturated heterocycles. The Kier molecular flexibility index (Phi) is 4.40. The summed E-state index contributed by atoms with van der Waals surface area (Å²) < 4.78 is 7.71. The summed E-state index contributed by atoms with van der Waals surface area (Å²) in [7, 11) is 0. The van der Waals surface area contributed by atoms with E-state index >= 15 is 0 Å². The van der Waals surface area contributed by atoms with E-state index in [2.05, 4.69) is 34.6 Å². The first-order valence-corrected chi connectivity index (χ1v) is 10.8. The Morgan fingerprint density at radius 2 is 2.17 bits per heavy atom. The summed E-state index contributed by atoms with van der Waals surface area (Å²) in [6.45, 7) is 3.14. The van der Waals surface area contributed by atoms with Gasteiger partial charge in [0, 0.05) is 0 Å². The zero-order valence-corrected chi connectivity index (χ0v) is 14.8. The number of halogens is 1. The van der Waals surface area contributed by atoms with Crippen LogP contribution in [0.2, 0.25) is 0 Å². The molecule has 0 bridgehead atoms. The van der Waals surface area contributed by atoms with E-state index in [1.807, 2.05) is 0 Å². The summed E-state index contributed by atoms with van der Waals surface area (Å²) in [5, 5.41) is 9.81. The van der Waals surface area contributed by atoms with Crippen molar-refractivity contribution in [1.29, 1.82) is 0 Å². The Balaban J connectivity index is 1.85. The highest BCUT2D eigenvalue weighted by Crippen LogP contribution is 2.41. The molecule has 2 aromatic rings. The molecule has 4 atom stereocenters. The molecule has 3 N–H and O–H groups in total. The summed E-state index contributed by atoms with van der Waals surface area (Å²) in [5.41, 5.74) is 6.85. The molecule has 9 heteroatoms. The number of aromatic nitrogens is 4. The molecule has 3 heterocycles. The number of hydrogen-bond donors (Lipinski definition) is 2. The largest absolute Gasteiger partial charge is 0.389 e. The van der Waals surface area contributed by atoms with E-state index < -0.39 is 24.6 Å². The minimum Gasteiger partial charge on any atom is -0.389 e. The SMILES string of the molecule is C=P(C)(C)CC[C@H]1OC(n2cnc3c(N)ncnc32)[C@H](Cl)[C@@H]1O. The van der Waals surface area contributed by atoms with Crippen molar-refractivity contribution in [3.05, 3.63) is 12.7 Å². The third kappa shape index (κ3) is 3.24. The van der Waals surface area contributed by atoms with Gasteiger partial charge in [-0.25, -0.2) is 15.0 Å². The van der Waals surface area contributed by atoms with Crippen molar-refractivity contribution < 1.29 is 9.84 Å². The number of imidazole rings is 1. The molecule has 0 aliphatic carbocycles. The first-order chi connectivity index (χ1) is 10.8. The molecule has 1 aliphatic heterocycles. The third-order valence-corrected chi connectivity index (χ3v) is 5.92. The summed E-state index contributed by atoms with van der Waals surface area (Å²) >= 11 is 6.40. The van der Waals surface area contributed by atoms with Gasteiger partial charge in [0.1, 0.15) is 23.3 Å². The number of aliphatic hydroxyl groups excluding tert-OH is 1. The van der Waals surface area contributed by atoms with Crippen molar-refractivity contribution in [2.75, 3.05) is 25.2 Å². The lowest BCUT2D eigenvalue weighted by atomic mass is 10.1. The summed E-state index contributed by atoms with van der Waals surface area (Å²) in [4.78, 5) is 12.3. The molecule has 2 aromatic heterocycles. The van der Waals surface area contributed by atoms with E-state index in [4.69, 9.17) is 22.1 Å². The second-order valence-electron chi connectivity index (χ2n) is 6.53. The number of fused-ring (bicyclic) bond motifs is 1. The Hall–Kier alpha value is -1.14. The molecule has 0 spiro atoms. The highest BCUT2D eigenvalue weighted by Gasteiger charge is 2.44. The number of nitrogen functional groups attached to an aromatic ring is 1. The number of nitrogens with two attached hydrogens (primary N) is 1. The first kappa shape index (κ1) is 16.7. The van der Waals surface area contributed by atoms with Crippen molar-refractivity contribution in [3.8, 4) is 0 Å². The average Bonchev–Trinajstić information content (AvgIpc) is 3.01. The Bertz CT molecular complexity index is 761. The number of anilines is 1. The standard InChI is InChI=1S/C14H21ClN5O2P/c1-23(2,3)5-4-8-11(21)9(15)14(22-8)20-7-19-10-12(16)17-6-18-13(10)20/h6-9,11,14,21H,1,4-5H2,2-3H3,(H2,16,17,18)/t8-,9-,11-,14?/m1/s1. The zero-order valence-electron chi connectivity index (χ0n) is 13.1. The molecule has 126 valence electrons. The maximum Gasteiger partial charge on any atom is 0.167 e. The Labute approximate surface area is 139 Å². The van der Waals surface area contributed by atoms with Crippen LogP contribution < -0.4 is 5.73 Å². The van der Waals surface area contributed by atoms with Gasteiger partial charge in [-0.3, -0.25) is 4.57 Å². The second-order valence-corrected chi connectivity index (χ2v) is 11.4. The van der Waals surface area contributed by atoms with Crippen molar-refractivity contribution in [1.82, 2.24) is 19.5 Å². The molecule has 0 aromatic carbocycles. The molecule has 3 rings (SSSR count). The van der Waals surface area contributed by atoms with Crippen LogP contribution in [0.4, 0.5) is 5.82 Å². The molecule has 1 fully saturated rings. The topological polar surface area (TPSA) is 99.1 Å². The molecular weight excluding hydrogens is 337 g/mol. The van der Waals surface area contributed by atoms with Crippen LogP contribution in [-0.4, -0.2) is 68.0 Å². The number of aliphatic hydroxyl groups is 1. The Morgan fingerprint density at radius 1 is 1.43 bits per heavy atom. The van der Waals surface area contributed by atoms with Crippen LogP contribution >= 0.6 is 18.5 Å². The lowest BCUT2D eigenvalue weighted by molar-refractivity contribution is -0.0176. The average molecular weight is 358 g/mol. The minimum absolute atomic E-state index is 0.304. The predicted octanol–water partition coefficient (Wildman–Crippen LogP) is 1.37. The quantitative estimate of drug-likeness (QED) is 0.633. The van der Waals surface area contributed by atoms with Gasteiger partial charge in [-0.2, -0.15) is 0 Å². The Morgan fingerprint density at radius 3 is 2.87 bits per heavy atom. The van der Waals surface area contributed by atoms with Gasteiger partial charge >= 0.3 is 0 Å². The highest BCUT2D eigenvalue weighted by atomic mass is 35.5. The molecule has 23 heavy (non-hydrogen) atoms. The highest BCUT2D eigenvalue weighted by molar-refractivity contribution is 7.72. The van der Waals surface area contributed by atoms with E-state index in [1.165, 1.54) is 6.33 Å². The smallest absolute Gasteiger partial charge is 0.167 e. The predicted molar refractivity (Wildman–Crippen MR) is 94.7 cm³/mol. The second kappa shape index (κ2) is 6.06. The van der Waals surface area contributed by atoms with Gasteiger partial charge in [-0.15, -0.1) is 24.8 Å². The third-order valence-electron chi connectivity index (χ3n) is 3.97. The number of rotatable bonds is 4. The zero-order chi connectivity index (χ0) is 16.8. The van der Waals surface area contributed by atoms with Crippen molar-refractivity contribution >= 4 is 41.8 Å². The van der Waals surface area contributed by atoms with Crippen LogP contribution in [0.5, 0.6) is 0 Å². The summed E-state index contributed by atoms with van der Waals surface area (Å²) in [6.07, 6.45) is 7.20. The molecule has 0 amide bonds. The van der Waals surface area contributed by atoms with Gasteiger partial charge < -0.3 is 15.6 Å². The normalized spacial score (nSPS) is 28.5. The maximum absolute atomic E-state index is 10.4. The molecular formula is C14H21ClN5O2P. The number of alkyl halides is 1. The summed E-state index contributed by atoms with van der Waals surface area (Å²) in [5.74, 6) is 0.304. The van der Waals surface area contributed by atoms with E-state index in [9.17, 15) is 5.11 Å². The van der Waals surface area contributed by atoms with Gasteiger partial charge in [0.15, 0.2) is 17.7 Å². The fourth-order valence-electron chi connectivity index (χ4n) is 2.70. The van der Waals surface area contributed by atoms with Crippen molar-refractivity contribution in [2.24, 2.45) is 0 Å². The monoisotopic (exact) mass is 357 g/mol. The van der Waals surface area contributed by atoms with Crippen LogP contribution in [0.1, 0.15) is 12.6 Å². The van der Waals surface area contributed by atoms with E-state index in [0.29, 0.717) is 17.0 Å². The molecule has 7 nitrogen and oxygen atoms in total. The summed E-state index contributed by atoms with van der Waals surface area (Å²) in [6, 6.07) is 0. The van der Waals surface area contributed by atoms with Gasteiger partial charge in [-0.05, 0) is 25.9 Å². The minimum atomic E-state index is -1.18. The molecule has 1 aliphatic rings. The van der Waals surface area contributed by atoms with Crippen LogP contribution in [0.3, 0.4) is 0 Å². The maximum atomic E-state index is 10.4. The molecule has 1 unspecified atom stereocenters. The first-order valence-electron chi connectivity index (χ1n) is 7.36. The van der Waals surface area contributed by atoms with E-state index in [1.54, 1.807) is 10.9 Å². The molecule has 0 saturated carbocycles. The number of ether oxygens (including phenoxy) is 1. The van der Waals surface area contributed by atoms with E-state index in [0.717, 1.165) is 12.6 Å². The van der Waals surface area contributed by atoms with Crippen LogP contribution in [0.15, 0.2) is 12.7 Å². The lowest BCUT2D eigenvalue weighted by Gasteiger charge is -2.18. The number of nitrogens with zero attached hydrogens (tertiary/aromatic N) is 4. The van der Waals surface area contributed by atoms with Crippen LogP contribution in [0, 0.1) is 0 Å². The van der Waals surface area contributed by atoms with Crippen molar-refractivity contribution in [3.63, 3.8) is 0 Å². The number of hydrogen-bond acceptors (Lipinski definition) is 6. The van der Waals surface area contributed by atoms with Gasteiger partial charge in [-0.1, -0.05) is 0 Å². The fourth-order valence-corrected chi connectivity index (χ4v) is 4.00. The molecule has 0 radical (unpaired) electrons. The van der Waals surface area contributed by atoms with Gasteiger partial charge in [0.25, 0.3) is 0 Å². The van der Waals surface area contributed by atoms with E-state index in [-0.39, 0.29) is 6.10 Å². The van der Waals surface area contributed by atoms with Gasteiger partial charge in [0.05, 0.1) is 12.4 Å². The van der Waals surface area contributed by atoms with Crippen LogP contribution in [-0.2, 0) is 4.74 Å².